The first-order valence-corrected chi connectivity index (χ1v) is 6.42. The molecule has 1 amide bonds. The van der Waals surface area contributed by atoms with Crippen LogP contribution in [0.15, 0.2) is 18.2 Å². The summed E-state index contributed by atoms with van der Waals surface area (Å²) >= 11 is 0. The highest BCUT2D eigenvalue weighted by molar-refractivity contribution is 5.80. The van der Waals surface area contributed by atoms with Crippen molar-refractivity contribution in [3.05, 3.63) is 23.8 Å². The molecule has 1 fully saturated rings. The van der Waals surface area contributed by atoms with Crippen molar-refractivity contribution in [3.8, 4) is 6.07 Å². The lowest BCUT2D eigenvalue weighted by Gasteiger charge is -2.34. The summed E-state index contributed by atoms with van der Waals surface area (Å²) in [4.78, 5) is 13.8. The van der Waals surface area contributed by atoms with Crippen molar-refractivity contribution in [2.75, 3.05) is 30.8 Å². The highest BCUT2D eigenvalue weighted by Gasteiger charge is 2.25. The molecule has 1 aromatic rings. The number of carbonyl (C=O) groups excluding carboxylic acids is 1. The smallest absolute Gasteiger partial charge is 0.224 e. The number of anilines is 2. The molecule has 0 saturated carbocycles. The van der Waals surface area contributed by atoms with Gasteiger partial charge in [0.15, 0.2) is 0 Å². The highest BCUT2D eigenvalue weighted by Crippen LogP contribution is 2.28. The lowest BCUT2D eigenvalue weighted by atomic mass is 9.96. The predicted molar refractivity (Wildman–Crippen MR) is 74.6 cm³/mol. The van der Waals surface area contributed by atoms with E-state index in [4.69, 9.17) is 11.0 Å². The fraction of sp³-hybridized carbons (Fsp3) is 0.429. The fourth-order valence-electron chi connectivity index (χ4n) is 2.53. The number of carbonyl (C=O) groups is 1. The second-order valence-electron chi connectivity index (χ2n) is 4.78. The molecule has 100 valence electrons. The zero-order valence-corrected chi connectivity index (χ0v) is 11.0. The van der Waals surface area contributed by atoms with Gasteiger partial charge in [-0.3, -0.25) is 4.79 Å². The summed E-state index contributed by atoms with van der Waals surface area (Å²) in [5.41, 5.74) is 8.05. The van der Waals surface area contributed by atoms with Crippen LogP contribution in [0, 0.1) is 17.2 Å². The van der Waals surface area contributed by atoms with Crippen LogP contribution in [0.3, 0.4) is 0 Å². The Hall–Kier alpha value is -2.22. The molecule has 5 heteroatoms. The second kappa shape index (κ2) is 5.61. The lowest BCUT2D eigenvalue weighted by molar-refractivity contribution is -0.124. The van der Waals surface area contributed by atoms with E-state index < -0.39 is 0 Å². The molecule has 0 aromatic heterocycles. The quantitative estimate of drug-likeness (QED) is 0.778. The summed E-state index contributed by atoms with van der Waals surface area (Å²) in [6.07, 6.45) is 1.88. The largest absolute Gasteiger partial charge is 0.397 e. The zero-order valence-electron chi connectivity index (χ0n) is 11.0. The van der Waals surface area contributed by atoms with Crippen molar-refractivity contribution < 1.29 is 4.79 Å². The summed E-state index contributed by atoms with van der Waals surface area (Å²) < 4.78 is 0. The van der Waals surface area contributed by atoms with Crippen molar-refractivity contribution in [3.63, 3.8) is 0 Å². The van der Waals surface area contributed by atoms with Gasteiger partial charge in [-0.05, 0) is 31.0 Å². The number of benzene rings is 1. The van der Waals surface area contributed by atoms with Crippen LogP contribution >= 0.6 is 0 Å². The number of nitrogens with two attached hydrogens (primary N) is 1. The molecule has 19 heavy (non-hydrogen) atoms. The third-order valence-electron chi connectivity index (χ3n) is 3.54. The molecule has 0 aliphatic carbocycles. The number of hydrogen-bond acceptors (Lipinski definition) is 4. The van der Waals surface area contributed by atoms with Crippen LogP contribution in [0.25, 0.3) is 0 Å². The Balaban J connectivity index is 2.18. The SMILES string of the molecule is CNC(=O)C1CCCN(c2ccc(C#N)cc2N)C1. The Labute approximate surface area is 113 Å². The van der Waals surface area contributed by atoms with E-state index in [2.05, 4.69) is 16.3 Å². The molecular weight excluding hydrogens is 240 g/mol. The summed E-state index contributed by atoms with van der Waals surface area (Å²) in [5.74, 6) is 0.0886. The molecule has 1 heterocycles. The minimum absolute atomic E-state index is 0.00814. The van der Waals surface area contributed by atoms with Gasteiger partial charge in [0.2, 0.25) is 5.91 Å². The Morgan fingerprint density at radius 1 is 1.58 bits per heavy atom. The molecule has 5 nitrogen and oxygen atoms in total. The Bertz CT molecular complexity index is 521. The van der Waals surface area contributed by atoms with Crippen LogP contribution < -0.4 is 16.0 Å². The van der Waals surface area contributed by atoms with E-state index >= 15 is 0 Å². The van der Waals surface area contributed by atoms with Crippen molar-refractivity contribution >= 4 is 17.3 Å². The van der Waals surface area contributed by atoms with Gasteiger partial charge in [-0.2, -0.15) is 5.26 Å². The first kappa shape index (κ1) is 13.2. The number of nitrogens with one attached hydrogen (secondary N) is 1. The van der Waals surface area contributed by atoms with Crippen molar-refractivity contribution in [1.29, 1.82) is 5.26 Å². The van der Waals surface area contributed by atoms with Crippen LogP contribution in [0.1, 0.15) is 18.4 Å². The van der Waals surface area contributed by atoms with Crippen molar-refractivity contribution in [2.24, 2.45) is 5.92 Å². The van der Waals surface area contributed by atoms with Crippen LogP contribution in [0.5, 0.6) is 0 Å². The maximum absolute atomic E-state index is 11.7. The van der Waals surface area contributed by atoms with Gasteiger partial charge in [0, 0.05) is 20.1 Å². The maximum Gasteiger partial charge on any atom is 0.224 e. The van der Waals surface area contributed by atoms with E-state index in [9.17, 15) is 4.79 Å². The van der Waals surface area contributed by atoms with Gasteiger partial charge < -0.3 is 16.0 Å². The van der Waals surface area contributed by atoms with Crippen LogP contribution in [-0.4, -0.2) is 26.0 Å². The van der Waals surface area contributed by atoms with Crippen LogP contribution in [0.4, 0.5) is 11.4 Å². The van der Waals surface area contributed by atoms with E-state index in [1.807, 2.05) is 6.07 Å². The molecule has 0 spiro atoms. The Kier molecular flexibility index (Phi) is 3.91. The molecule has 1 aromatic carbocycles. The van der Waals surface area contributed by atoms with Gasteiger partial charge in [-0.15, -0.1) is 0 Å². The van der Waals surface area contributed by atoms with Gasteiger partial charge in [0.1, 0.15) is 0 Å². The zero-order chi connectivity index (χ0) is 13.8. The minimum Gasteiger partial charge on any atom is -0.397 e. The van der Waals surface area contributed by atoms with Gasteiger partial charge in [-0.25, -0.2) is 0 Å². The first-order valence-electron chi connectivity index (χ1n) is 6.42. The van der Waals surface area contributed by atoms with E-state index in [0.717, 1.165) is 25.1 Å². The lowest BCUT2D eigenvalue weighted by Crippen LogP contribution is -2.42. The number of amides is 1. The molecule has 1 atom stereocenters. The van der Waals surface area contributed by atoms with Gasteiger partial charge in [-0.1, -0.05) is 0 Å². The standard InChI is InChI=1S/C14H18N4O/c1-17-14(19)11-3-2-6-18(9-11)13-5-4-10(8-15)7-12(13)16/h4-5,7,11H,2-3,6,9,16H2,1H3,(H,17,19). The van der Waals surface area contributed by atoms with Crippen LogP contribution in [0.2, 0.25) is 0 Å². The molecule has 1 aliphatic heterocycles. The third-order valence-corrected chi connectivity index (χ3v) is 3.54. The topological polar surface area (TPSA) is 82.2 Å². The molecule has 2 rings (SSSR count). The van der Waals surface area contributed by atoms with Crippen LogP contribution in [-0.2, 0) is 4.79 Å². The van der Waals surface area contributed by atoms with Gasteiger partial charge >= 0.3 is 0 Å². The minimum atomic E-state index is 0.00814. The Morgan fingerprint density at radius 3 is 3.00 bits per heavy atom. The van der Waals surface area contributed by atoms with Gasteiger partial charge in [0.25, 0.3) is 0 Å². The summed E-state index contributed by atoms with van der Waals surface area (Å²) in [6, 6.07) is 7.37. The molecule has 1 unspecified atom stereocenters. The predicted octanol–water partition coefficient (Wildman–Crippen LogP) is 1.10. The van der Waals surface area contributed by atoms with E-state index in [-0.39, 0.29) is 11.8 Å². The van der Waals surface area contributed by atoms with Crippen molar-refractivity contribution in [2.45, 2.75) is 12.8 Å². The summed E-state index contributed by atoms with van der Waals surface area (Å²) in [7, 11) is 1.66. The number of nitriles is 1. The number of nitrogen functional groups attached to an aromatic ring is 1. The molecule has 1 saturated heterocycles. The monoisotopic (exact) mass is 258 g/mol. The maximum atomic E-state index is 11.7. The van der Waals surface area contributed by atoms with E-state index in [1.165, 1.54) is 0 Å². The van der Waals surface area contributed by atoms with Gasteiger partial charge in [0.05, 0.1) is 28.9 Å². The molecular formula is C14H18N4O. The average molecular weight is 258 g/mol. The normalized spacial score (nSPS) is 18.7. The molecule has 0 bridgehead atoms. The molecule has 3 N–H and O–H groups in total. The number of rotatable bonds is 2. The number of hydrogen-bond donors (Lipinski definition) is 2. The second-order valence-corrected chi connectivity index (χ2v) is 4.78. The summed E-state index contributed by atoms with van der Waals surface area (Å²) in [5, 5.41) is 11.5. The Morgan fingerprint density at radius 2 is 2.37 bits per heavy atom. The fourth-order valence-corrected chi connectivity index (χ4v) is 2.53. The van der Waals surface area contributed by atoms with E-state index in [0.29, 0.717) is 17.8 Å². The number of piperidine rings is 1. The summed E-state index contributed by atoms with van der Waals surface area (Å²) in [6.45, 7) is 1.57. The first-order chi connectivity index (χ1) is 9.15. The molecule has 1 aliphatic rings. The van der Waals surface area contributed by atoms with E-state index in [1.54, 1.807) is 19.2 Å². The third kappa shape index (κ3) is 2.79. The highest BCUT2D eigenvalue weighted by atomic mass is 16.1. The average Bonchev–Trinajstić information content (AvgIpc) is 2.46. The van der Waals surface area contributed by atoms with Crippen molar-refractivity contribution in [1.82, 2.24) is 5.32 Å². The number of nitrogens with zero attached hydrogens (tertiary/aromatic N) is 2. The molecule has 0 radical (unpaired) electrons.